The molecule has 0 heterocycles. The molecule has 1 aromatic carbocycles. The third kappa shape index (κ3) is 2.68. The number of nitrogens with two attached hydrogens (primary N) is 1. The Morgan fingerprint density at radius 3 is 2.86 bits per heavy atom. The van der Waals surface area contributed by atoms with E-state index in [1.165, 1.54) is 12.1 Å². The fraction of sp³-hybridized carbons (Fsp3) is 0.222. The van der Waals surface area contributed by atoms with Crippen LogP contribution in [0.4, 0.5) is 4.39 Å². The molecule has 0 aliphatic carbocycles. The van der Waals surface area contributed by atoms with E-state index in [1.807, 2.05) is 0 Å². The first kappa shape index (κ1) is 10.9. The zero-order chi connectivity index (χ0) is 10.6. The molecule has 0 saturated carbocycles. The average molecular weight is 217 g/mol. The lowest BCUT2D eigenvalue weighted by Crippen LogP contribution is -2.29. The van der Waals surface area contributed by atoms with Gasteiger partial charge in [0.1, 0.15) is 5.82 Å². The van der Waals surface area contributed by atoms with Crippen LogP contribution in [0.25, 0.3) is 0 Å². The number of hydrogen-bond acceptors (Lipinski definition) is 2. The molecule has 3 N–H and O–H groups in total. The minimum absolute atomic E-state index is 0.000347. The fourth-order valence-electron chi connectivity index (χ4n) is 0.925. The van der Waals surface area contributed by atoms with Gasteiger partial charge in [-0.25, -0.2) is 4.39 Å². The highest BCUT2D eigenvalue weighted by atomic mass is 35.5. The summed E-state index contributed by atoms with van der Waals surface area (Å²) in [5.41, 5.74) is 5.44. The maximum Gasteiger partial charge on any atom is 0.251 e. The molecule has 5 heteroatoms. The van der Waals surface area contributed by atoms with Gasteiger partial charge in [-0.2, -0.15) is 0 Å². The van der Waals surface area contributed by atoms with Gasteiger partial charge in [0.25, 0.3) is 5.91 Å². The Bertz CT molecular complexity index is 344. The van der Waals surface area contributed by atoms with Crippen LogP contribution in [0.5, 0.6) is 0 Å². The maximum atomic E-state index is 12.9. The second-order valence-electron chi connectivity index (χ2n) is 2.67. The number of nitrogens with one attached hydrogen (secondary N) is 1. The van der Waals surface area contributed by atoms with Crippen molar-refractivity contribution in [3.05, 3.63) is 34.6 Å². The van der Waals surface area contributed by atoms with Crippen LogP contribution in [0.15, 0.2) is 18.2 Å². The number of rotatable bonds is 3. The molecule has 0 atom stereocenters. The monoisotopic (exact) mass is 216 g/mol. The summed E-state index contributed by atoms with van der Waals surface area (Å²) in [4.78, 5) is 11.3. The van der Waals surface area contributed by atoms with Gasteiger partial charge >= 0.3 is 0 Å². The maximum absolute atomic E-state index is 12.9. The summed E-state index contributed by atoms with van der Waals surface area (Å²) in [5.74, 6) is -0.960. The van der Waals surface area contributed by atoms with Crippen molar-refractivity contribution in [1.29, 1.82) is 0 Å². The Hall–Kier alpha value is -1.13. The molecule has 0 aromatic heterocycles. The van der Waals surface area contributed by atoms with E-state index >= 15 is 0 Å². The lowest BCUT2D eigenvalue weighted by atomic mass is 10.2. The third-order valence-corrected chi connectivity index (χ3v) is 1.92. The van der Waals surface area contributed by atoms with Crippen LogP contribution in [0.2, 0.25) is 5.02 Å². The van der Waals surface area contributed by atoms with Gasteiger partial charge < -0.3 is 11.1 Å². The minimum atomic E-state index is -0.605. The third-order valence-electron chi connectivity index (χ3n) is 1.61. The molecule has 0 saturated heterocycles. The van der Waals surface area contributed by atoms with Crippen molar-refractivity contribution in [3.8, 4) is 0 Å². The second kappa shape index (κ2) is 4.93. The Balaban J connectivity index is 2.76. The Labute approximate surface area is 86.0 Å². The fourth-order valence-corrected chi connectivity index (χ4v) is 1.04. The summed E-state index contributed by atoms with van der Waals surface area (Å²) < 4.78 is 12.9. The molecule has 3 nitrogen and oxygen atoms in total. The Morgan fingerprint density at radius 2 is 2.29 bits per heavy atom. The highest BCUT2D eigenvalue weighted by molar-refractivity contribution is 6.30. The van der Waals surface area contributed by atoms with Gasteiger partial charge in [0.15, 0.2) is 0 Å². The molecule has 0 spiro atoms. The van der Waals surface area contributed by atoms with Gasteiger partial charge in [-0.3, -0.25) is 4.79 Å². The minimum Gasteiger partial charge on any atom is -0.351 e. The van der Waals surface area contributed by atoms with E-state index in [2.05, 4.69) is 5.32 Å². The first-order chi connectivity index (χ1) is 6.65. The lowest BCUT2D eigenvalue weighted by molar-refractivity contribution is 0.0954. The molecule has 1 rings (SSSR count). The van der Waals surface area contributed by atoms with E-state index in [0.29, 0.717) is 13.1 Å². The van der Waals surface area contributed by atoms with Gasteiger partial charge in [0, 0.05) is 18.7 Å². The molecule has 76 valence electrons. The van der Waals surface area contributed by atoms with Crippen LogP contribution < -0.4 is 11.1 Å². The van der Waals surface area contributed by atoms with Crippen molar-refractivity contribution in [2.75, 3.05) is 13.1 Å². The predicted octanol–water partition coefficient (Wildman–Crippen LogP) is 1.17. The molecular formula is C9H10ClFN2O. The number of benzene rings is 1. The summed E-state index contributed by atoms with van der Waals surface area (Å²) in [5, 5.41) is 2.52. The summed E-state index contributed by atoms with van der Waals surface area (Å²) in [6.07, 6.45) is 0. The molecule has 0 bridgehead atoms. The quantitative estimate of drug-likeness (QED) is 0.797. The van der Waals surface area contributed by atoms with E-state index in [4.69, 9.17) is 17.3 Å². The zero-order valence-corrected chi connectivity index (χ0v) is 8.14. The smallest absolute Gasteiger partial charge is 0.251 e. The topological polar surface area (TPSA) is 55.1 Å². The highest BCUT2D eigenvalue weighted by Crippen LogP contribution is 2.15. The van der Waals surface area contributed by atoms with Gasteiger partial charge in [-0.05, 0) is 18.2 Å². The molecule has 14 heavy (non-hydrogen) atoms. The van der Waals surface area contributed by atoms with Crippen molar-refractivity contribution in [1.82, 2.24) is 5.32 Å². The van der Waals surface area contributed by atoms with Gasteiger partial charge in [0.05, 0.1) is 5.02 Å². The molecule has 0 aliphatic rings. The molecule has 1 amide bonds. The Kier molecular flexibility index (Phi) is 3.85. The van der Waals surface area contributed by atoms with Crippen molar-refractivity contribution in [2.24, 2.45) is 5.73 Å². The van der Waals surface area contributed by atoms with Gasteiger partial charge in [0.2, 0.25) is 0 Å². The van der Waals surface area contributed by atoms with E-state index in [9.17, 15) is 9.18 Å². The van der Waals surface area contributed by atoms with Crippen molar-refractivity contribution >= 4 is 17.5 Å². The van der Waals surface area contributed by atoms with Crippen LogP contribution in [-0.2, 0) is 0 Å². The van der Waals surface area contributed by atoms with E-state index in [1.54, 1.807) is 0 Å². The van der Waals surface area contributed by atoms with Crippen LogP contribution in [0.1, 0.15) is 10.4 Å². The summed E-state index contributed by atoms with van der Waals surface area (Å²) in [6.45, 7) is 0.713. The lowest BCUT2D eigenvalue weighted by Gasteiger charge is -2.03. The van der Waals surface area contributed by atoms with Crippen molar-refractivity contribution in [3.63, 3.8) is 0 Å². The van der Waals surface area contributed by atoms with Gasteiger partial charge in [-0.1, -0.05) is 11.6 Å². The molecule has 0 fully saturated rings. The summed E-state index contributed by atoms with van der Waals surface area (Å²) in [7, 11) is 0. The zero-order valence-electron chi connectivity index (χ0n) is 7.39. The standard InChI is InChI=1S/C9H10ClFN2O/c10-7-2-1-6(5-8(7)11)9(14)13-4-3-12/h1-2,5H,3-4,12H2,(H,13,14). The SMILES string of the molecule is NCCNC(=O)c1ccc(Cl)c(F)c1. The molecule has 0 aliphatic heterocycles. The predicted molar refractivity (Wildman–Crippen MR) is 52.8 cm³/mol. The van der Waals surface area contributed by atoms with E-state index < -0.39 is 5.82 Å². The highest BCUT2D eigenvalue weighted by Gasteiger charge is 2.07. The number of carbonyl (C=O) groups excluding carboxylic acids is 1. The Morgan fingerprint density at radius 1 is 1.57 bits per heavy atom. The normalized spacial score (nSPS) is 9.93. The summed E-state index contributed by atoms with van der Waals surface area (Å²) in [6, 6.07) is 3.89. The van der Waals surface area contributed by atoms with Crippen LogP contribution in [-0.4, -0.2) is 19.0 Å². The van der Waals surface area contributed by atoms with Crippen LogP contribution in [0.3, 0.4) is 0 Å². The average Bonchev–Trinajstić information content (AvgIpc) is 2.18. The largest absolute Gasteiger partial charge is 0.351 e. The molecular weight excluding hydrogens is 207 g/mol. The van der Waals surface area contributed by atoms with E-state index in [0.717, 1.165) is 6.07 Å². The van der Waals surface area contributed by atoms with Crippen LogP contribution in [0, 0.1) is 5.82 Å². The molecule has 0 unspecified atom stereocenters. The van der Waals surface area contributed by atoms with Gasteiger partial charge in [-0.15, -0.1) is 0 Å². The van der Waals surface area contributed by atoms with Crippen molar-refractivity contribution < 1.29 is 9.18 Å². The van der Waals surface area contributed by atoms with Crippen molar-refractivity contribution in [2.45, 2.75) is 0 Å². The first-order valence-corrected chi connectivity index (χ1v) is 4.46. The number of carbonyl (C=O) groups is 1. The number of halogens is 2. The number of amides is 1. The van der Waals surface area contributed by atoms with Crippen LogP contribution >= 0.6 is 11.6 Å². The van der Waals surface area contributed by atoms with E-state index in [-0.39, 0.29) is 16.5 Å². The number of hydrogen-bond donors (Lipinski definition) is 2. The first-order valence-electron chi connectivity index (χ1n) is 4.08. The molecule has 1 aromatic rings. The second-order valence-corrected chi connectivity index (χ2v) is 3.08. The summed E-state index contributed by atoms with van der Waals surface area (Å²) >= 11 is 5.46. The molecule has 0 radical (unpaired) electrons.